The monoisotopic (exact) mass is 422 g/mol. The number of benzene rings is 1. The topological polar surface area (TPSA) is 65.5 Å². The van der Waals surface area contributed by atoms with E-state index in [1.807, 2.05) is 13.8 Å². The first kappa shape index (κ1) is 20.6. The Bertz CT molecular complexity index is 494. The number of nitrogens with one attached hydrogen (secondary N) is 3. The molecular formula is C15H24FIN4O. The molecule has 0 bridgehead atoms. The zero-order valence-electron chi connectivity index (χ0n) is 13.1. The van der Waals surface area contributed by atoms with E-state index in [2.05, 4.69) is 20.9 Å². The summed E-state index contributed by atoms with van der Waals surface area (Å²) in [6, 6.07) is 6.71. The van der Waals surface area contributed by atoms with Crippen molar-refractivity contribution in [2.45, 2.75) is 32.9 Å². The second-order valence-corrected chi connectivity index (χ2v) is 4.92. The van der Waals surface area contributed by atoms with Gasteiger partial charge in [-0.25, -0.2) is 4.39 Å². The quantitative estimate of drug-likeness (QED) is 0.374. The highest BCUT2D eigenvalue weighted by Gasteiger charge is 2.05. The number of amides is 1. The fourth-order valence-corrected chi connectivity index (χ4v) is 1.73. The first-order valence-electron chi connectivity index (χ1n) is 7.00. The first-order valence-corrected chi connectivity index (χ1v) is 7.00. The molecule has 0 aromatic heterocycles. The molecule has 3 N–H and O–H groups in total. The summed E-state index contributed by atoms with van der Waals surface area (Å²) in [5.74, 6) is 0.273. The number of hydrogen-bond acceptors (Lipinski definition) is 2. The lowest BCUT2D eigenvalue weighted by molar-refractivity contribution is -0.121. The third kappa shape index (κ3) is 8.16. The second-order valence-electron chi connectivity index (χ2n) is 4.92. The lowest BCUT2D eigenvalue weighted by atomic mass is 10.2. The summed E-state index contributed by atoms with van der Waals surface area (Å²) >= 11 is 0. The third-order valence-electron chi connectivity index (χ3n) is 2.72. The van der Waals surface area contributed by atoms with Crippen LogP contribution in [0.1, 0.15) is 25.8 Å². The van der Waals surface area contributed by atoms with E-state index in [9.17, 15) is 9.18 Å². The van der Waals surface area contributed by atoms with Crippen molar-refractivity contribution in [3.05, 3.63) is 35.6 Å². The molecule has 0 unspecified atom stereocenters. The molecule has 0 saturated carbocycles. The van der Waals surface area contributed by atoms with E-state index in [4.69, 9.17) is 0 Å². The van der Waals surface area contributed by atoms with E-state index in [0.717, 1.165) is 0 Å². The van der Waals surface area contributed by atoms with Crippen molar-refractivity contribution in [3.63, 3.8) is 0 Å². The molecule has 0 aliphatic heterocycles. The lowest BCUT2D eigenvalue weighted by Gasteiger charge is -2.13. The Morgan fingerprint density at radius 3 is 2.55 bits per heavy atom. The van der Waals surface area contributed by atoms with Crippen molar-refractivity contribution in [2.75, 3.05) is 13.6 Å². The van der Waals surface area contributed by atoms with Gasteiger partial charge in [-0.15, -0.1) is 24.0 Å². The van der Waals surface area contributed by atoms with E-state index in [1.54, 1.807) is 25.2 Å². The Morgan fingerprint density at radius 1 is 1.27 bits per heavy atom. The van der Waals surface area contributed by atoms with E-state index in [1.165, 1.54) is 6.07 Å². The van der Waals surface area contributed by atoms with Crippen molar-refractivity contribution in [1.29, 1.82) is 0 Å². The van der Waals surface area contributed by atoms with Gasteiger partial charge in [0.1, 0.15) is 5.82 Å². The Labute approximate surface area is 148 Å². The summed E-state index contributed by atoms with van der Waals surface area (Å²) in [6.07, 6.45) is 0.360. The van der Waals surface area contributed by atoms with Gasteiger partial charge < -0.3 is 16.0 Å². The number of nitrogens with zero attached hydrogens (tertiary/aromatic N) is 1. The Hall–Kier alpha value is -1.38. The van der Waals surface area contributed by atoms with Gasteiger partial charge in [0, 0.05) is 38.2 Å². The van der Waals surface area contributed by atoms with Crippen LogP contribution >= 0.6 is 24.0 Å². The van der Waals surface area contributed by atoms with Gasteiger partial charge in [-0.3, -0.25) is 9.79 Å². The van der Waals surface area contributed by atoms with Crippen molar-refractivity contribution < 1.29 is 9.18 Å². The average molecular weight is 422 g/mol. The predicted octanol–water partition coefficient (Wildman–Crippen LogP) is 2.02. The molecule has 0 radical (unpaired) electrons. The number of halogens is 2. The Balaban J connectivity index is 0.00000441. The molecule has 0 fully saturated rings. The maximum absolute atomic E-state index is 13.5. The van der Waals surface area contributed by atoms with Crippen LogP contribution in [0.5, 0.6) is 0 Å². The van der Waals surface area contributed by atoms with Gasteiger partial charge >= 0.3 is 0 Å². The van der Waals surface area contributed by atoms with Crippen molar-refractivity contribution in [2.24, 2.45) is 4.99 Å². The van der Waals surface area contributed by atoms with Gasteiger partial charge in [-0.1, -0.05) is 18.2 Å². The number of carbonyl (C=O) groups is 1. The molecule has 1 amide bonds. The average Bonchev–Trinajstić information content (AvgIpc) is 2.43. The van der Waals surface area contributed by atoms with Crippen LogP contribution in [0.2, 0.25) is 0 Å². The van der Waals surface area contributed by atoms with Gasteiger partial charge in [0.25, 0.3) is 0 Å². The lowest BCUT2D eigenvalue weighted by Crippen LogP contribution is -2.39. The molecule has 1 aromatic carbocycles. The highest BCUT2D eigenvalue weighted by atomic mass is 127. The van der Waals surface area contributed by atoms with Gasteiger partial charge in [0.15, 0.2) is 5.96 Å². The van der Waals surface area contributed by atoms with Crippen LogP contribution in [0.4, 0.5) is 4.39 Å². The van der Waals surface area contributed by atoms with Crippen LogP contribution in [0.3, 0.4) is 0 Å². The fourth-order valence-electron chi connectivity index (χ4n) is 1.73. The Kier molecular flexibility index (Phi) is 10.5. The van der Waals surface area contributed by atoms with Crippen LogP contribution in [-0.4, -0.2) is 31.5 Å². The maximum Gasteiger partial charge on any atom is 0.221 e. The van der Waals surface area contributed by atoms with E-state index < -0.39 is 0 Å². The van der Waals surface area contributed by atoms with Crippen molar-refractivity contribution in [1.82, 2.24) is 16.0 Å². The van der Waals surface area contributed by atoms with Crippen LogP contribution < -0.4 is 16.0 Å². The molecule has 124 valence electrons. The highest BCUT2D eigenvalue weighted by molar-refractivity contribution is 14.0. The molecule has 22 heavy (non-hydrogen) atoms. The summed E-state index contributed by atoms with van der Waals surface area (Å²) in [5, 5.41) is 8.84. The summed E-state index contributed by atoms with van der Waals surface area (Å²) in [5.41, 5.74) is 0.568. The standard InChI is InChI=1S/C15H23FN4O.HI/c1-11(2)20-14(21)8-9-18-15(17-3)19-10-12-6-4-5-7-13(12)16;/h4-7,11H,8-10H2,1-3H3,(H,20,21)(H2,17,18,19);1H. The SMILES string of the molecule is CN=C(NCCC(=O)NC(C)C)NCc1ccccc1F.I. The third-order valence-corrected chi connectivity index (χ3v) is 2.72. The molecule has 7 heteroatoms. The molecule has 1 rings (SSSR count). The number of hydrogen-bond donors (Lipinski definition) is 3. The fraction of sp³-hybridized carbons (Fsp3) is 0.467. The molecule has 0 atom stereocenters. The zero-order valence-corrected chi connectivity index (χ0v) is 15.5. The molecular weight excluding hydrogens is 398 g/mol. The molecule has 0 heterocycles. The zero-order chi connectivity index (χ0) is 15.7. The van der Waals surface area contributed by atoms with Crippen molar-refractivity contribution in [3.8, 4) is 0 Å². The maximum atomic E-state index is 13.5. The van der Waals surface area contributed by atoms with Crippen LogP contribution in [0.25, 0.3) is 0 Å². The van der Waals surface area contributed by atoms with Gasteiger partial charge in [0.2, 0.25) is 5.91 Å². The normalized spacial score (nSPS) is 10.9. The predicted molar refractivity (Wildman–Crippen MR) is 97.9 cm³/mol. The minimum Gasteiger partial charge on any atom is -0.356 e. The summed E-state index contributed by atoms with van der Waals surface area (Å²) in [4.78, 5) is 15.5. The van der Waals surface area contributed by atoms with Gasteiger partial charge in [-0.05, 0) is 19.9 Å². The molecule has 0 aliphatic carbocycles. The molecule has 1 aromatic rings. The molecule has 0 aliphatic rings. The van der Waals surface area contributed by atoms with Crippen LogP contribution in [-0.2, 0) is 11.3 Å². The minimum atomic E-state index is -0.253. The first-order chi connectivity index (χ1) is 10.0. The minimum absolute atomic E-state index is 0. The van der Waals surface area contributed by atoms with Crippen LogP contribution in [0.15, 0.2) is 29.3 Å². The largest absolute Gasteiger partial charge is 0.356 e. The summed E-state index contributed by atoms with van der Waals surface area (Å²) in [7, 11) is 1.63. The number of carbonyl (C=O) groups excluding carboxylic acids is 1. The van der Waals surface area contributed by atoms with Gasteiger partial charge in [0.05, 0.1) is 0 Å². The van der Waals surface area contributed by atoms with E-state index in [-0.39, 0.29) is 41.7 Å². The molecule has 5 nitrogen and oxygen atoms in total. The van der Waals surface area contributed by atoms with Crippen LogP contribution in [0, 0.1) is 5.82 Å². The number of rotatable bonds is 6. The molecule has 0 spiro atoms. The van der Waals surface area contributed by atoms with E-state index >= 15 is 0 Å². The Morgan fingerprint density at radius 2 is 1.95 bits per heavy atom. The summed E-state index contributed by atoms with van der Waals surface area (Å²) < 4.78 is 13.5. The number of aliphatic imine (C=N–C) groups is 1. The number of guanidine groups is 1. The van der Waals surface area contributed by atoms with Gasteiger partial charge in [-0.2, -0.15) is 0 Å². The smallest absolute Gasteiger partial charge is 0.221 e. The summed E-state index contributed by atoms with van der Waals surface area (Å²) in [6.45, 7) is 4.64. The van der Waals surface area contributed by atoms with Crippen molar-refractivity contribution >= 4 is 35.8 Å². The molecule has 0 saturated heterocycles. The highest BCUT2D eigenvalue weighted by Crippen LogP contribution is 2.05. The second kappa shape index (κ2) is 11.2. The van der Waals surface area contributed by atoms with E-state index in [0.29, 0.717) is 31.0 Å².